The highest BCUT2D eigenvalue weighted by molar-refractivity contribution is 7.15. The number of para-hydroxylation sites is 1. The van der Waals surface area contributed by atoms with E-state index in [9.17, 15) is 14.4 Å². The first-order chi connectivity index (χ1) is 13.0. The molecule has 3 heterocycles. The van der Waals surface area contributed by atoms with E-state index in [1.165, 1.54) is 24.5 Å². The molecule has 1 N–H and O–H groups in total. The minimum atomic E-state index is -0.591. The van der Waals surface area contributed by atoms with Crippen molar-refractivity contribution in [1.82, 2.24) is 9.88 Å². The minimum absolute atomic E-state index is 0.0135. The minimum Gasteiger partial charge on any atom is -0.453 e. The molecule has 0 spiro atoms. The second-order valence-corrected chi connectivity index (χ2v) is 7.04. The molecule has 4 rings (SSSR count). The van der Waals surface area contributed by atoms with Gasteiger partial charge < -0.3 is 14.1 Å². The van der Waals surface area contributed by atoms with Crippen LogP contribution in [0.25, 0.3) is 11.0 Å². The molecule has 2 aromatic heterocycles. The number of methoxy groups -OCH3 is 1. The van der Waals surface area contributed by atoms with Gasteiger partial charge in [-0.15, -0.1) is 0 Å². The maximum atomic E-state index is 12.8. The number of amides is 2. The number of hydrogen-bond donors (Lipinski definition) is 1. The number of nitrogens with one attached hydrogen (secondary N) is 1. The quantitative estimate of drug-likeness (QED) is 0.728. The zero-order chi connectivity index (χ0) is 19.0. The van der Waals surface area contributed by atoms with Crippen LogP contribution in [0.15, 0.2) is 39.5 Å². The number of anilines is 1. The Hall–Kier alpha value is -3.20. The van der Waals surface area contributed by atoms with E-state index in [2.05, 4.69) is 15.0 Å². The summed E-state index contributed by atoms with van der Waals surface area (Å²) in [5.41, 5.74) is 0.976. The molecule has 8 nitrogen and oxygen atoms in total. The highest BCUT2D eigenvalue weighted by Crippen LogP contribution is 2.29. The van der Waals surface area contributed by atoms with Gasteiger partial charge in [-0.25, -0.2) is 9.78 Å². The molecule has 0 saturated heterocycles. The SMILES string of the molecule is COC(=O)Nc1nc2c(s1)CN(C(=O)c1cc(=O)c3ccccc3o1)CC2. The third-order valence-electron chi connectivity index (χ3n) is 4.26. The molecule has 27 heavy (non-hydrogen) atoms. The van der Waals surface area contributed by atoms with E-state index in [1.54, 1.807) is 29.2 Å². The molecule has 0 bridgehead atoms. The van der Waals surface area contributed by atoms with Crippen LogP contribution in [0.3, 0.4) is 0 Å². The van der Waals surface area contributed by atoms with Crippen molar-refractivity contribution in [2.75, 3.05) is 19.0 Å². The van der Waals surface area contributed by atoms with Crippen LogP contribution in [-0.2, 0) is 17.7 Å². The number of aromatic nitrogens is 1. The largest absolute Gasteiger partial charge is 0.453 e. The number of rotatable bonds is 2. The number of nitrogens with zero attached hydrogens (tertiary/aromatic N) is 2. The summed E-state index contributed by atoms with van der Waals surface area (Å²) in [5, 5.41) is 3.40. The maximum Gasteiger partial charge on any atom is 0.413 e. The van der Waals surface area contributed by atoms with Gasteiger partial charge in [0.25, 0.3) is 5.91 Å². The Morgan fingerprint density at radius 2 is 2.15 bits per heavy atom. The molecular weight excluding hydrogens is 370 g/mol. The predicted molar refractivity (Wildman–Crippen MR) is 99.1 cm³/mol. The number of benzene rings is 1. The molecule has 1 aromatic carbocycles. The Balaban J connectivity index is 1.58. The van der Waals surface area contributed by atoms with Gasteiger partial charge in [-0.3, -0.25) is 14.9 Å². The average Bonchev–Trinajstić information content (AvgIpc) is 3.08. The van der Waals surface area contributed by atoms with Crippen LogP contribution in [0, 0.1) is 0 Å². The molecule has 138 valence electrons. The van der Waals surface area contributed by atoms with Crippen molar-refractivity contribution >= 4 is 39.4 Å². The number of fused-ring (bicyclic) bond motifs is 2. The van der Waals surface area contributed by atoms with E-state index in [-0.39, 0.29) is 17.1 Å². The summed E-state index contributed by atoms with van der Waals surface area (Å²) in [5.74, 6) is -0.334. The summed E-state index contributed by atoms with van der Waals surface area (Å²) in [6.07, 6.45) is -0.0370. The van der Waals surface area contributed by atoms with Gasteiger partial charge in [0.15, 0.2) is 16.3 Å². The van der Waals surface area contributed by atoms with Crippen molar-refractivity contribution < 1.29 is 18.7 Å². The Labute approximate surface area is 157 Å². The summed E-state index contributed by atoms with van der Waals surface area (Å²) >= 11 is 1.29. The standard InChI is InChI=1S/C18H15N3O5S/c1-25-18(24)20-17-19-11-6-7-21(9-15(11)27-17)16(23)14-8-12(22)10-4-2-3-5-13(10)26-14/h2-5,8H,6-7,9H2,1H3,(H,19,20,24). The van der Waals surface area contributed by atoms with E-state index in [1.807, 2.05) is 0 Å². The first-order valence-electron chi connectivity index (χ1n) is 8.21. The highest BCUT2D eigenvalue weighted by atomic mass is 32.1. The topological polar surface area (TPSA) is 102 Å². The van der Waals surface area contributed by atoms with E-state index in [0.29, 0.717) is 35.6 Å². The van der Waals surface area contributed by atoms with Crippen molar-refractivity contribution in [2.45, 2.75) is 13.0 Å². The summed E-state index contributed by atoms with van der Waals surface area (Å²) in [6.45, 7) is 0.787. The van der Waals surface area contributed by atoms with E-state index in [4.69, 9.17) is 4.42 Å². The van der Waals surface area contributed by atoms with Crippen molar-refractivity contribution in [3.8, 4) is 0 Å². The molecular formula is C18H15N3O5S. The Morgan fingerprint density at radius 3 is 2.96 bits per heavy atom. The highest BCUT2D eigenvalue weighted by Gasteiger charge is 2.27. The normalized spacial score (nSPS) is 13.3. The molecule has 0 radical (unpaired) electrons. The predicted octanol–water partition coefficient (Wildman–Crippen LogP) is 2.63. The van der Waals surface area contributed by atoms with Gasteiger partial charge >= 0.3 is 6.09 Å². The average molecular weight is 385 g/mol. The van der Waals surface area contributed by atoms with Gasteiger partial charge in [0.05, 0.1) is 24.7 Å². The van der Waals surface area contributed by atoms with Crippen LogP contribution in [0.5, 0.6) is 0 Å². The smallest absolute Gasteiger partial charge is 0.413 e. The number of hydrogen-bond acceptors (Lipinski definition) is 7. The number of ether oxygens (including phenoxy) is 1. The second kappa shape index (κ2) is 6.84. The molecule has 0 fully saturated rings. The van der Waals surface area contributed by atoms with Crippen molar-refractivity contribution in [3.05, 3.63) is 56.9 Å². The third kappa shape index (κ3) is 3.28. The van der Waals surface area contributed by atoms with Crippen molar-refractivity contribution in [2.24, 2.45) is 0 Å². The maximum absolute atomic E-state index is 12.8. The fourth-order valence-electron chi connectivity index (χ4n) is 2.93. The van der Waals surface area contributed by atoms with Gasteiger partial charge in [-0.05, 0) is 12.1 Å². The van der Waals surface area contributed by atoms with Crippen molar-refractivity contribution in [1.29, 1.82) is 0 Å². The number of carbonyl (C=O) groups is 2. The third-order valence-corrected chi connectivity index (χ3v) is 5.26. The van der Waals surface area contributed by atoms with Crippen LogP contribution >= 0.6 is 11.3 Å². The lowest BCUT2D eigenvalue weighted by atomic mass is 10.1. The summed E-state index contributed by atoms with van der Waals surface area (Å²) < 4.78 is 10.2. The van der Waals surface area contributed by atoms with E-state index >= 15 is 0 Å². The second-order valence-electron chi connectivity index (χ2n) is 5.95. The van der Waals surface area contributed by atoms with Gasteiger partial charge in [-0.2, -0.15) is 0 Å². The molecule has 0 atom stereocenters. The summed E-state index contributed by atoms with van der Waals surface area (Å²) in [4.78, 5) is 43.2. The zero-order valence-corrected chi connectivity index (χ0v) is 15.2. The Morgan fingerprint density at radius 1 is 1.33 bits per heavy atom. The zero-order valence-electron chi connectivity index (χ0n) is 14.4. The van der Waals surface area contributed by atoms with E-state index in [0.717, 1.165) is 10.6 Å². The molecule has 1 aliphatic heterocycles. The molecule has 3 aromatic rings. The van der Waals surface area contributed by atoms with Crippen molar-refractivity contribution in [3.63, 3.8) is 0 Å². The van der Waals surface area contributed by atoms with Crippen LogP contribution in [0.1, 0.15) is 21.1 Å². The number of carbonyl (C=O) groups excluding carboxylic acids is 2. The van der Waals surface area contributed by atoms with Crippen LogP contribution in [0.4, 0.5) is 9.93 Å². The lowest BCUT2D eigenvalue weighted by Gasteiger charge is -2.25. The fraction of sp³-hybridized carbons (Fsp3) is 0.222. The lowest BCUT2D eigenvalue weighted by Crippen LogP contribution is -2.35. The summed E-state index contributed by atoms with van der Waals surface area (Å²) in [7, 11) is 1.28. The van der Waals surface area contributed by atoms with Crippen LogP contribution < -0.4 is 10.7 Å². The van der Waals surface area contributed by atoms with Gasteiger partial charge in [0, 0.05) is 23.9 Å². The molecule has 2 amide bonds. The molecule has 0 unspecified atom stereocenters. The Bertz CT molecular complexity index is 1100. The van der Waals surface area contributed by atoms with Gasteiger partial charge in [0.2, 0.25) is 0 Å². The first-order valence-corrected chi connectivity index (χ1v) is 9.02. The Kier molecular flexibility index (Phi) is 4.36. The van der Waals surface area contributed by atoms with Gasteiger partial charge in [0.1, 0.15) is 5.58 Å². The van der Waals surface area contributed by atoms with Crippen LogP contribution in [0.2, 0.25) is 0 Å². The first kappa shape index (κ1) is 17.2. The van der Waals surface area contributed by atoms with Crippen LogP contribution in [-0.4, -0.2) is 35.5 Å². The number of thiazole rings is 1. The fourth-order valence-corrected chi connectivity index (χ4v) is 3.94. The lowest BCUT2D eigenvalue weighted by molar-refractivity contribution is 0.0704. The van der Waals surface area contributed by atoms with Gasteiger partial charge in [-0.1, -0.05) is 23.5 Å². The monoisotopic (exact) mass is 385 g/mol. The summed E-state index contributed by atoms with van der Waals surface area (Å²) in [6, 6.07) is 8.05. The molecule has 0 saturated carbocycles. The molecule has 0 aliphatic carbocycles. The molecule has 9 heteroatoms. The molecule has 1 aliphatic rings. The van der Waals surface area contributed by atoms with E-state index < -0.39 is 6.09 Å².